The second kappa shape index (κ2) is 4.55. The molecule has 5 heteroatoms. The van der Waals surface area contributed by atoms with Gasteiger partial charge in [0.25, 0.3) is 0 Å². The number of pyridine rings is 1. The molecule has 0 aromatic carbocycles. The number of halogens is 2. The lowest BCUT2D eigenvalue weighted by atomic mass is 10.1. The minimum absolute atomic E-state index is 0.170. The van der Waals surface area contributed by atoms with E-state index in [9.17, 15) is 4.39 Å². The first-order valence-corrected chi connectivity index (χ1v) is 5.75. The van der Waals surface area contributed by atoms with Gasteiger partial charge in [-0.05, 0) is 24.8 Å². The van der Waals surface area contributed by atoms with Gasteiger partial charge in [-0.1, -0.05) is 11.6 Å². The first-order valence-electron chi connectivity index (χ1n) is 5.37. The summed E-state index contributed by atoms with van der Waals surface area (Å²) >= 11 is 5.66. The third-order valence-electron chi connectivity index (χ3n) is 3.03. The maximum atomic E-state index is 13.7. The quantitative estimate of drug-likeness (QED) is 0.880. The van der Waals surface area contributed by atoms with E-state index in [1.165, 1.54) is 25.1 Å². The van der Waals surface area contributed by atoms with Gasteiger partial charge >= 0.3 is 0 Å². The zero-order chi connectivity index (χ0) is 11.7. The highest BCUT2D eigenvalue weighted by Gasteiger charge is 2.34. The normalized spacial score (nSPS) is 17.2. The second-order valence-corrected chi connectivity index (χ2v) is 4.65. The number of hydrogen-bond acceptors (Lipinski definition) is 3. The Balaban J connectivity index is 2.21. The molecule has 88 valence electrons. The molecule has 0 saturated heterocycles. The molecule has 0 spiro atoms. The molecule has 3 nitrogen and oxygen atoms in total. The summed E-state index contributed by atoms with van der Waals surface area (Å²) in [6.07, 6.45) is 3.79. The molecule has 16 heavy (non-hydrogen) atoms. The molecule has 1 unspecified atom stereocenters. The van der Waals surface area contributed by atoms with E-state index >= 15 is 0 Å². The Bertz CT molecular complexity index is 381. The van der Waals surface area contributed by atoms with Crippen LogP contribution in [0.15, 0.2) is 12.3 Å². The zero-order valence-electron chi connectivity index (χ0n) is 9.16. The van der Waals surface area contributed by atoms with Gasteiger partial charge in [0, 0.05) is 25.8 Å². The number of nitrogens with zero attached hydrogens (tertiary/aromatic N) is 2. The number of anilines is 1. The molecule has 0 bridgehead atoms. The Labute approximate surface area is 99.4 Å². The average Bonchev–Trinajstić information content (AvgIpc) is 3.02. The topological polar surface area (TPSA) is 42.2 Å². The molecule has 1 aliphatic carbocycles. The minimum atomic E-state index is -0.394. The van der Waals surface area contributed by atoms with Gasteiger partial charge in [-0.3, -0.25) is 0 Å². The minimum Gasteiger partial charge on any atom is -0.353 e. The third-order valence-corrected chi connectivity index (χ3v) is 3.23. The number of likely N-dealkylation sites (N-methyl/N-ethyl adjacent to an activating group) is 1. The maximum absolute atomic E-state index is 13.7. The molecule has 1 fully saturated rings. The van der Waals surface area contributed by atoms with Gasteiger partial charge in [-0.2, -0.15) is 0 Å². The van der Waals surface area contributed by atoms with E-state index in [1.807, 2.05) is 11.9 Å². The van der Waals surface area contributed by atoms with Crippen molar-refractivity contribution in [2.45, 2.75) is 18.9 Å². The molecule has 2 rings (SSSR count). The van der Waals surface area contributed by atoms with Crippen molar-refractivity contribution in [3.05, 3.63) is 23.1 Å². The number of hydrogen-bond donors (Lipinski definition) is 1. The van der Waals surface area contributed by atoms with E-state index in [1.54, 1.807) is 0 Å². The largest absolute Gasteiger partial charge is 0.353 e. The summed E-state index contributed by atoms with van der Waals surface area (Å²) in [6.45, 7) is 0.519. The van der Waals surface area contributed by atoms with Gasteiger partial charge in [0.1, 0.15) is 0 Å². The Morgan fingerprint density at radius 3 is 2.88 bits per heavy atom. The second-order valence-electron chi connectivity index (χ2n) is 4.21. The van der Waals surface area contributed by atoms with Gasteiger partial charge in [0.2, 0.25) is 0 Å². The Morgan fingerprint density at radius 1 is 1.69 bits per heavy atom. The van der Waals surface area contributed by atoms with E-state index in [4.69, 9.17) is 17.3 Å². The van der Waals surface area contributed by atoms with Crippen molar-refractivity contribution in [2.24, 2.45) is 11.7 Å². The molecule has 2 N–H and O–H groups in total. The molecular formula is C11H15ClFN3. The predicted molar refractivity (Wildman–Crippen MR) is 63.2 cm³/mol. The molecule has 0 radical (unpaired) electrons. The molecule has 1 atom stereocenters. The fourth-order valence-corrected chi connectivity index (χ4v) is 2.12. The fraction of sp³-hybridized carbons (Fsp3) is 0.545. The van der Waals surface area contributed by atoms with Crippen molar-refractivity contribution in [3.8, 4) is 0 Å². The lowest BCUT2D eigenvalue weighted by Gasteiger charge is -2.28. The van der Waals surface area contributed by atoms with Gasteiger partial charge < -0.3 is 10.6 Å². The van der Waals surface area contributed by atoms with Crippen LogP contribution in [0.25, 0.3) is 0 Å². The molecule has 1 heterocycles. The Morgan fingerprint density at radius 2 is 2.38 bits per heavy atom. The van der Waals surface area contributed by atoms with Crippen molar-refractivity contribution < 1.29 is 4.39 Å². The van der Waals surface area contributed by atoms with Crippen LogP contribution < -0.4 is 10.6 Å². The highest BCUT2D eigenvalue weighted by atomic mass is 35.5. The summed E-state index contributed by atoms with van der Waals surface area (Å²) in [7, 11) is 1.83. The van der Waals surface area contributed by atoms with Crippen LogP contribution in [0, 0.1) is 11.7 Å². The van der Waals surface area contributed by atoms with Crippen molar-refractivity contribution >= 4 is 17.4 Å². The van der Waals surface area contributed by atoms with Gasteiger partial charge in [0.05, 0.1) is 5.02 Å². The van der Waals surface area contributed by atoms with E-state index in [0.717, 1.165) is 0 Å². The van der Waals surface area contributed by atoms with E-state index in [0.29, 0.717) is 23.3 Å². The molecule has 1 aromatic rings. The van der Waals surface area contributed by atoms with Crippen LogP contribution in [0.4, 0.5) is 10.2 Å². The van der Waals surface area contributed by atoms with E-state index in [-0.39, 0.29) is 6.04 Å². The van der Waals surface area contributed by atoms with Crippen LogP contribution in [0.1, 0.15) is 12.8 Å². The van der Waals surface area contributed by atoms with Gasteiger partial charge in [-0.25, -0.2) is 9.37 Å². The lowest BCUT2D eigenvalue weighted by Crippen LogP contribution is -2.40. The number of aromatic nitrogens is 1. The molecular weight excluding hydrogens is 229 g/mol. The highest BCUT2D eigenvalue weighted by molar-refractivity contribution is 6.30. The van der Waals surface area contributed by atoms with E-state index < -0.39 is 5.82 Å². The van der Waals surface area contributed by atoms with Crippen LogP contribution in [-0.4, -0.2) is 24.6 Å². The maximum Gasteiger partial charge on any atom is 0.167 e. The van der Waals surface area contributed by atoms with Crippen LogP contribution in [0.5, 0.6) is 0 Å². The summed E-state index contributed by atoms with van der Waals surface area (Å²) in [4.78, 5) is 5.84. The van der Waals surface area contributed by atoms with Gasteiger partial charge in [-0.15, -0.1) is 0 Å². The summed E-state index contributed by atoms with van der Waals surface area (Å²) < 4.78 is 13.7. The smallest absolute Gasteiger partial charge is 0.167 e. The Kier molecular flexibility index (Phi) is 3.30. The standard InChI is InChI=1S/C11H15ClFN3/c1-16(10(5-14)7-2-3-7)11-9(13)4-8(12)6-15-11/h4,6-7,10H,2-3,5,14H2,1H3. The third kappa shape index (κ3) is 2.28. The lowest BCUT2D eigenvalue weighted by molar-refractivity contribution is 0.544. The average molecular weight is 244 g/mol. The fourth-order valence-electron chi connectivity index (χ4n) is 1.97. The van der Waals surface area contributed by atoms with Crippen LogP contribution in [-0.2, 0) is 0 Å². The van der Waals surface area contributed by atoms with E-state index in [2.05, 4.69) is 4.98 Å². The summed E-state index contributed by atoms with van der Waals surface area (Å²) in [5.41, 5.74) is 5.71. The molecule has 1 aliphatic rings. The van der Waals surface area contributed by atoms with Crippen LogP contribution in [0.3, 0.4) is 0 Å². The number of nitrogens with two attached hydrogens (primary N) is 1. The monoisotopic (exact) mass is 243 g/mol. The Hall–Kier alpha value is -0.870. The van der Waals surface area contributed by atoms with Crippen molar-refractivity contribution in [1.82, 2.24) is 4.98 Å². The van der Waals surface area contributed by atoms with Gasteiger partial charge in [0.15, 0.2) is 11.6 Å². The van der Waals surface area contributed by atoms with Crippen molar-refractivity contribution in [2.75, 3.05) is 18.5 Å². The predicted octanol–water partition coefficient (Wildman–Crippen LogP) is 2.05. The molecule has 1 aromatic heterocycles. The summed E-state index contributed by atoms with van der Waals surface area (Å²) in [5.74, 6) is 0.507. The molecule has 0 aliphatic heterocycles. The molecule has 0 amide bonds. The first kappa shape index (κ1) is 11.6. The zero-order valence-corrected chi connectivity index (χ0v) is 9.91. The summed E-state index contributed by atoms with van der Waals surface area (Å²) in [6, 6.07) is 1.45. The summed E-state index contributed by atoms with van der Waals surface area (Å²) in [5, 5.41) is 0.311. The highest BCUT2D eigenvalue weighted by Crippen LogP contribution is 2.36. The van der Waals surface area contributed by atoms with Crippen molar-refractivity contribution in [1.29, 1.82) is 0 Å². The van der Waals surface area contributed by atoms with Crippen LogP contribution in [0.2, 0.25) is 5.02 Å². The van der Waals surface area contributed by atoms with Crippen LogP contribution >= 0.6 is 11.6 Å². The molecule has 1 saturated carbocycles. The SMILES string of the molecule is CN(c1ncc(Cl)cc1F)C(CN)C1CC1. The first-order chi connectivity index (χ1) is 7.63. The van der Waals surface area contributed by atoms with Crippen molar-refractivity contribution in [3.63, 3.8) is 0 Å². The number of rotatable bonds is 4.